The van der Waals surface area contributed by atoms with E-state index < -0.39 is 0 Å². The van der Waals surface area contributed by atoms with E-state index in [0.29, 0.717) is 0 Å². The van der Waals surface area contributed by atoms with Gasteiger partial charge in [-0.15, -0.1) is 0 Å². The largest absolute Gasteiger partial charge is 0.0622 e. The van der Waals surface area contributed by atoms with Crippen LogP contribution in [-0.4, -0.2) is 0 Å². The molecule has 7 aromatic rings. The molecular formula is C36H24. The minimum Gasteiger partial charge on any atom is -0.0622 e. The van der Waals surface area contributed by atoms with Crippen molar-refractivity contribution in [1.29, 1.82) is 0 Å². The molecule has 0 aliphatic carbocycles. The van der Waals surface area contributed by atoms with E-state index >= 15 is 0 Å². The lowest BCUT2D eigenvalue weighted by atomic mass is 9.86. The summed E-state index contributed by atoms with van der Waals surface area (Å²) in [5.41, 5.74) is 7.55. The standard InChI is InChI=1S/C36H24/c1-3-12-26(13-4-1)30-17-9-19-32-34(30)24-35-31(27-14-5-2-6-15-27)18-10-20-33(35)36(32)29-22-21-25-11-7-8-16-28(25)23-29/h1-24H. The summed E-state index contributed by atoms with van der Waals surface area (Å²) in [6.45, 7) is 0. The molecule has 0 aliphatic rings. The van der Waals surface area contributed by atoms with Crippen LogP contribution < -0.4 is 0 Å². The average molecular weight is 457 g/mol. The second kappa shape index (κ2) is 8.52. The number of hydrogen-bond acceptors (Lipinski definition) is 0. The predicted octanol–water partition coefficient (Wildman–Crippen LogP) is 10.1. The van der Waals surface area contributed by atoms with E-state index in [4.69, 9.17) is 0 Å². The minimum absolute atomic E-state index is 1.24. The van der Waals surface area contributed by atoms with Crippen molar-refractivity contribution >= 4 is 32.3 Å². The normalized spacial score (nSPS) is 11.3. The number of benzene rings is 7. The van der Waals surface area contributed by atoms with E-state index in [0.717, 1.165) is 0 Å². The minimum atomic E-state index is 1.24. The van der Waals surface area contributed by atoms with Crippen LogP contribution in [0.5, 0.6) is 0 Å². The van der Waals surface area contributed by atoms with Crippen molar-refractivity contribution in [2.45, 2.75) is 0 Å². The van der Waals surface area contributed by atoms with Gasteiger partial charge in [0.25, 0.3) is 0 Å². The van der Waals surface area contributed by atoms with Gasteiger partial charge in [-0.05, 0) is 77.8 Å². The summed E-state index contributed by atoms with van der Waals surface area (Å²) in [6.07, 6.45) is 0. The zero-order valence-electron chi connectivity index (χ0n) is 19.9. The Morgan fingerprint density at radius 2 is 0.806 bits per heavy atom. The summed E-state index contributed by atoms with van der Waals surface area (Å²) in [5.74, 6) is 0. The van der Waals surface area contributed by atoms with Crippen molar-refractivity contribution < 1.29 is 0 Å². The molecule has 0 radical (unpaired) electrons. The fourth-order valence-corrected chi connectivity index (χ4v) is 5.56. The Bertz CT molecular complexity index is 1760. The highest BCUT2D eigenvalue weighted by atomic mass is 14.2. The topological polar surface area (TPSA) is 0 Å². The first kappa shape index (κ1) is 20.7. The molecule has 0 saturated carbocycles. The Morgan fingerprint density at radius 1 is 0.278 bits per heavy atom. The van der Waals surface area contributed by atoms with Crippen LogP contribution in [0.3, 0.4) is 0 Å². The number of hydrogen-bond donors (Lipinski definition) is 0. The van der Waals surface area contributed by atoms with E-state index in [1.165, 1.54) is 65.7 Å². The van der Waals surface area contributed by atoms with Gasteiger partial charge < -0.3 is 0 Å². The highest BCUT2D eigenvalue weighted by Gasteiger charge is 2.16. The zero-order chi connectivity index (χ0) is 23.9. The van der Waals surface area contributed by atoms with Gasteiger partial charge in [-0.25, -0.2) is 0 Å². The van der Waals surface area contributed by atoms with E-state index in [1.54, 1.807) is 0 Å². The van der Waals surface area contributed by atoms with Gasteiger partial charge in [0.1, 0.15) is 0 Å². The monoisotopic (exact) mass is 456 g/mol. The lowest BCUT2D eigenvalue weighted by molar-refractivity contribution is 1.64. The first-order valence-electron chi connectivity index (χ1n) is 12.5. The van der Waals surface area contributed by atoms with Gasteiger partial charge in [-0.3, -0.25) is 0 Å². The average Bonchev–Trinajstić information content (AvgIpc) is 2.96. The Kier molecular flexibility index (Phi) is 4.89. The Balaban J connectivity index is 1.64. The maximum absolute atomic E-state index is 2.40. The molecule has 0 aliphatic heterocycles. The van der Waals surface area contributed by atoms with E-state index in [2.05, 4.69) is 146 Å². The molecule has 168 valence electrons. The molecule has 0 nitrogen and oxygen atoms in total. The number of fused-ring (bicyclic) bond motifs is 3. The van der Waals surface area contributed by atoms with Crippen LogP contribution in [0.1, 0.15) is 0 Å². The van der Waals surface area contributed by atoms with Crippen molar-refractivity contribution in [2.75, 3.05) is 0 Å². The molecule has 7 rings (SSSR count). The second-order valence-electron chi connectivity index (χ2n) is 9.35. The van der Waals surface area contributed by atoms with Crippen molar-refractivity contribution in [2.24, 2.45) is 0 Å². The molecule has 7 aromatic carbocycles. The third-order valence-electron chi connectivity index (χ3n) is 7.25. The van der Waals surface area contributed by atoms with Crippen molar-refractivity contribution in [3.63, 3.8) is 0 Å². The van der Waals surface area contributed by atoms with Crippen molar-refractivity contribution in [1.82, 2.24) is 0 Å². The summed E-state index contributed by atoms with van der Waals surface area (Å²) in [7, 11) is 0. The Morgan fingerprint density at radius 3 is 1.39 bits per heavy atom. The molecule has 0 N–H and O–H groups in total. The molecule has 0 atom stereocenters. The third-order valence-corrected chi connectivity index (χ3v) is 7.25. The van der Waals surface area contributed by atoms with Gasteiger partial charge in [-0.2, -0.15) is 0 Å². The van der Waals surface area contributed by atoms with E-state index in [9.17, 15) is 0 Å². The van der Waals surface area contributed by atoms with Crippen LogP contribution in [-0.2, 0) is 0 Å². The lowest BCUT2D eigenvalue weighted by Crippen LogP contribution is -1.90. The SMILES string of the molecule is c1ccc(-c2cccc3c(-c4ccc5ccccc5c4)c4cccc(-c5ccccc5)c4cc23)cc1. The summed E-state index contributed by atoms with van der Waals surface area (Å²) < 4.78 is 0. The van der Waals surface area contributed by atoms with Gasteiger partial charge in [-0.1, -0.05) is 133 Å². The van der Waals surface area contributed by atoms with Crippen LogP contribution in [0.15, 0.2) is 146 Å². The third kappa shape index (κ3) is 3.39. The summed E-state index contributed by atoms with van der Waals surface area (Å²) >= 11 is 0. The van der Waals surface area contributed by atoms with Crippen LogP contribution in [0, 0.1) is 0 Å². The van der Waals surface area contributed by atoms with Crippen LogP contribution >= 0.6 is 0 Å². The summed E-state index contributed by atoms with van der Waals surface area (Å²) in [4.78, 5) is 0. The number of rotatable bonds is 3. The molecule has 0 amide bonds. The summed E-state index contributed by atoms with van der Waals surface area (Å²) in [5, 5.41) is 7.65. The molecule has 0 heteroatoms. The van der Waals surface area contributed by atoms with Crippen molar-refractivity contribution in [3.05, 3.63) is 146 Å². The molecule has 0 aromatic heterocycles. The fourth-order valence-electron chi connectivity index (χ4n) is 5.56. The molecule has 0 fully saturated rings. The van der Waals surface area contributed by atoms with Crippen LogP contribution in [0.25, 0.3) is 65.7 Å². The second-order valence-corrected chi connectivity index (χ2v) is 9.35. The first-order chi connectivity index (χ1) is 17.9. The maximum Gasteiger partial charge on any atom is -0.00262 e. The molecule has 0 saturated heterocycles. The lowest BCUT2D eigenvalue weighted by Gasteiger charge is -2.17. The molecule has 0 spiro atoms. The van der Waals surface area contributed by atoms with Crippen LogP contribution in [0.4, 0.5) is 0 Å². The molecule has 36 heavy (non-hydrogen) atoms. The predicted molar refractivity (Wildman–Crippen MR) is 155 cm³/mol. The van der Waals surface area contributed by atoms with Gasteiger partial charge in [0, 0.05) is 0 Å². The molecule has 0 heterocycles. The molecule has 0 bridgehead atoms. The Labute approximate surface area is 211 Å². The van der Waals surface area contributed by atoms with Gasteiger partial charge in [0.05, 0.1) is 0 Å². The molecule has 0 unspecified atom stereocenters. The van der Waals surface area contributed by atoms with Gasteiger partial charge in [0.15, 0.2) is 0 Å². The summed E-state index contributed by atoms with van der Waals surface area (Å²) in [6, 6.07) is 52.8. The smallest absolute Gasteiger partial charge is 0.00262 e. The maximum atomic E-state index is 2.40. The van der Waals surface area contributed by atoms with Gasteiger partial charge in [0.2, 0.25) is 0 Å². The van der Waals surface area contributed by atoms with Crippen molar-refractivity contribution in [3.8, 4) is 33.4 Å². The highest BCUT2D eigenvalue weighted by Crippen LogP contribution is 2.43. The highest BCUT2D eigenvalue weighted by molar-refractivity contribution is 6.19. The fraction of sp³-hybridized carbons (Fsp3) is 0. The van der Waals surface area contributed by atoms with Crippen LogP contribution in [0.2, 0.25) is 0 Å². The Hall–Kier alpha value is -4.68. The van der Waals surface area contributed by atoms with E-state index in [1.807, 2.05) is 0 Å². The quantitative estimate of drug-likeness (QED) is 0.232. The van der Waals surface area contributed by atoms with E-state index in [-0.39, 0.29) is 0 Å². The zero-order valence-corrected chi connectivity index (χ0v) is 19.9. The first-order valence-corrected chi connectivity index (χ1v) is 12.5. The van der Waals surface area contributed by atoms with Gasteiger partial charge >= 0.3 is 0 Å². The molecular weight excluding hydrogens is 432 g/mol.